The maximum atomic E-state index is 12.2. The van der Waals surface area contributed by atoms with Gasteiger partial charge in [-0.3, -0.25) is 14.8 Å². The van der Waals surface area contributed by atoms with Crippen LogP contribution in [0.1, 0.15) is 6.92 Å². The fourth-order valence-electron chi connectivity index (χ4n) is 2.10. The highest BCUT2D eigenvalue weighted by molar-refractivity contribution is 5.93. The highest BCUT2D eigenvalue weighted by Crippen LogP contribution is 2.09. The number of urea groups is 1. The molecule has 0 bridgehead atoms. The number of hydrogen-bond acceptors (Lipinski definition) is 4. The largest absolute Gasteiger partial charge is 0.353 e. The Hall–Kier alpha value is -2.09. The molecule has 0 aromatic carbocycles. The summed E-state index contributed by atoms with van der Waals surface area (Å²) in [5.74, 6) is 0.366. The van der Waals surface area contributed by atoms with Gasteiger partial charge in [-0.15, -0.1) is 0 Å². The van der Waals surface area contributed by atoms with E-state index in [-0.39, 0.29) is 11.9 Å². The van der Waals surface area contributed by atoms with Crippen molar-refractivity contribution in [1.82, 2.24) is 24.9 Å². The van der Waals surface area contributed by atoms with Crippen molar-refractivity contribution in [2.75, 3.05) is 39.0 Å². The van der Waals surface area contributed by atoms with E-state index in [1.54, 1.807) is 17.7 Å². The van der Waals surface area contributed by atoms with Crippen molar-refractivity contribution in [3.05, 3.63) is 12.3 Å². The van der Waals surface area contributed by atoms with Crippen LogP contribution in [0.15, 0.2) is 12.3 Å². The van der Waals surface area contributed by atoms with Gasteiger partial charge in [0.1, 0.15) is 6.04 Å². The molecule has 1 aromatic rings. The van der Waals surface area contributed by atoms with E-state index in [1.165, 1.54) is 4.90 Å². The van der Waals surface area contributed by atoms with Crippen molar-refractivity contribution >= 4 is 17.8 Å². The fraction of sp³-hybridized carbons (Fsp3) is 0.615. The molecule has 8 nitrogen and oxygen atoms in total. The summed E-state index contributed by atoms with van der Waals surface area (Å²) >= 11 is 0. The molecular weight excluding hydrogens is 272 g/mol. The van der Waals surface area contributed by atoms with Gasteiger partial charge in [-0.1, -0.05) is 0 Å². The minimum absolute atomic E-state index is 0.132. The van der Waals surface area contributed by atoms with Gasteiger partial charge in [-0.05, 0) is 21.0 Å². The van der Waals surface area contributed by atoms with E-state index in [0.717, 1.165) is 13.1 Å². The zero-order valence-corrected chi connectivity index (χ0v) is 12.7. The Balaban J connectivity index is 1.92. The summed E-state index contributed by atoms with van der Waals surface area (Å²) in [4.78, 5) is 27.3. The van der Waals surface area contributed by atoms with E-state index in [2.05, 4.69) is 20.6 Å². The molecule has 1 saturated heterocycles. The summed E-state index contributed by atoms with van der Waals surface area (Å²) in [7, 11) is 3.99. The number of rotatable bonds is 4. The molecule has 1 unspecified atom stereocenters. The van der Waals surface area contributed by atoms with Crippen molar-refractivity contribution < 1.29 is 9.59 Å². The summed E-state index contributed by atoms with van der Waals surface area (Å²) < 4.78 is 1.78. The van der Waals surface area contributed by atoms with Crippen LogP contribution < -0.4 is 10.6 Å². The second-order valence-electron chi connectivity index (χ2n) is 5.36. The summed E-state index contributed by atoms with van der Waals surface area (Å²) in [6.07, 6.45) is 1.82. The summed E-state index contributed by atoms with van der Waals surface area (Å²) in [6.45, 7) is 4.32. The lowest BCUT2D eigenvalue weighted by molar-refractivity contribution is -0.126. The van der Waals surface area contributed by atoms with Crippen LogP contribution in [0.25, 0.3) is 0 Å². The summed E-state index contributed by atoms with van der Waals surface area (Å²) in [5.41, 5.74) is 0. The van der Waals surface area contributed by atoms with E-state index >= 15 is 0 Å². The number of likely N-dealkylation sites (N-methyl/N-ethyl adjacent to an activating group) is 1. The third-order valence-corrected chi connectivity index (χ3v) is 3.41. The van der Waals surface area contributed by atoms with E-state index in [0.29, 0.717) is 18.9 Å². The maximum Gasteiger partial charge on any atom is 0.323 e. The highest BCUT2D eigenvalue weighted by atomic mass is 16.2. The Kier molecular flexibility index (Phi) is 4.79. The minimum atomic E-state index is -0.463. The Labute approximate surface area is 124 Å². The molecule has 1 aliphatic heterocycles. The van der Waals surface area contributed by atoms with Crippen LogP contribution in [0.3, 0.4) is 0 Å². The molecule has 8 heteroatoms. The molecule has 0 spiro atoms. The topological polar surface area (TPSA) is 82.5 Å². The van der Waals surface area contributed by atoms with Gasteiger partial charge in [0.05, 0.1) is 6.54 Å². The molecule has 2 rings (SSSR count). The molecule has 0 saturated carbocycles. The van der Waals surface area contributed by atoms with Crippen molar-refractivity contribution in [2.45, 2.75) is 19.5 Å². The summed E-state index contributed by atoms with van der Waals surface area (Å²) in [5, 5.41) is 9.75. The number of aromatic nitrogens is 2. The Morgan fingerprint density at radius 3 is 3.05 bits per heavy atom. The monoisotopic (exact) mass is 294 g/mol. The first-order chi connectivity index (χ1) is 9.97. The average molecular weight is 294 g/mol. The molecule has 1 atom stereocenters. The molecule has 2 heterocycles. The average Bonchev–Trinajstić information content (AvgIpc) is 2.87. The molecule has 0 aliphatic carbocycles. The zero-order chi connectivity index (χ0) is 15.4. The van der Waals surface area contributed by atoms with E-state index < -0.39 is 6.04 Å². The van der Waals surface area contributed by atoms with Crippen molar-refractivity contribution in [3.63, 3.8) is 0 Å². The fourth-order valence-corrected chi connectivity index (χ4v) is 2.10. The Morgan fingerprint density at radius 2 is 2.33 bits per heavy atom. The maximum absolute atomic E-state index is 12.2. The number of piperazine rings is 1. The molecule has 1 fully saturated rings. The summed E-state index contributed by atoms with van der Waals surface area (Å²) in [6, 6.07) is 0.993. The first-order valence-corrected chi connectivity index (χ1v) is 7.01. The van der Waals surface area contributed by atoms with Crippen LogP contribution in [0.5, 0.6) is 0 Å². The van der Waals surface area contributed by atoms with E-state index in [4.69, 9.17) is 0 Å². The Bertz CT molecular complexity index is 513. The van der Waals surface area contributed by atoms with Crippen LogP contribution in [0.2, 0.25) is 0 Å². The molecule has 1 aliphatic rings. The third-order valence-electron chi connectivity index (χ3n) is 3.41. The minimum Gasteiger partial charge on any atom is -0.353 e. The molecule has 116 valence electrons. The van der Waals surface area contributed by atoms with Gasteiger partial charge in [0.25, 0.3) is 0 Å². The molecule has 2 N–H and O–H groups in total. The van der Waals surface area contributed by atoms with Gasteiger partial charge in [0.2, 0.25) is 5.91 Å². The van der Waals surface area contributed by atoms with Crippen molar-refractivity contribution in [2.24, 2.45) is 0 Å². The third kappa shape index (κ3) is 3.94. The van der Waals surface area contributed by atoms with Crippen LogP contribution in [0.4, 0.5) is 10.6 Å². The van der Waals surface area contributed by atoms with Gasteiger partial charge < -0.3 is 15.1 Å². The number of nitrogens with one attached hydrogen (secondary N) is 2. The molecule has 3 amide bonds. The second-order valence-corrected chi connectivity index (χ2v) is 5.36. The van der Waals surface area contributed by atoms with Crippen LogP contribution in [0, 0.1) is 0 Å². The van der Waals surface area contributed by atoms with Gasteiger partial charge in [-0.2, -0.15) is 5.10 Å². The lowest BCUT2D eigenvalue weighted by Gasteiger charge is -2.32. The normalized spacial score (nSPS) is 18.8. The first kappa shape index (κ1) is 15.3. The van der Waals surface area contributed by atoms with Crippen LogP contribution >= 0.6 is 0 Å². The standard InChI is InChI=1S/C13H22N6O2/c1-10-12(20)14-5-7-19(10)13(21)15-11-4-6-18(16-11)9-8-17(2)3/h4,6,10H,5,7-9H2,1-3H3,(H,14,20)(H,15,16,21). The predicted octanol–water partition coefficient (Wildman–Crippen LogP) is -0.203. The number of nitrogens with zero attached hydrogens (tertiary/aromatic N) is 4. The number of anilines is 1. The number of carbonyl (C=O) groups is 2. The molecule has 0 radical (unpaired) electrons. The first-order valence-electron chi connectivity index (χ1n) is 7.01. The quantitative estimate of drug-likeness (QED) is 0.805. The van der Waals surface area contributed by atoms with E-state index in [1.807, 2.05) is 20.3 Å². The molecular formula is C13H22N6O2. The molecule has 21 heavy (non-hydrogen) atoms. The number of amides is 3. The smallest absolute Gasteiger partial charge is 0.323 e. The van der Waals surface area contributed by atoms with Crippen LogP contribution in [-0.2, 0) is 11.3 Å². The van der Waals surface area contributed by atoms with E-state index in [9.17, 15) is 9.59 Å². The number of carbonyl (C=O) groups excluding carboxylic acids is 2. The lowest BCUT2D eigenvalue weighted by Crippen LogP contribution is -2.56. The predicted molar refractivity (Wildman–Crippen MR) is 79.0 cm³/mol. The highest BCUT2D eigenvalue weighted by Gasteiger charge is 2.29. The van der Waals surface area contributed by atoms with Crippen molar-refractivity contribution in [1.29, 1.82) is 0 Å². The second kappa shape index (κ2) is 6.57. The van der Waals surface area contributed by atoms with Crippen LogP contribution in [-0.4, -0.2) is 71.3 Å². The van der Waals surface area contributed by atoms with Gasteiger partial charge in [-0.25, -0.2) is 4.79 Å². The van der Waals surface area contributed by atoms with Crippen molar-refractivity contribution in [3.8, 4) is 0 Å². The van der Waals surface area contributed by atoms with Gasteiger partial charge in [0, 0.05) is 31.9 Å². The molecule has 1 aromatic heterocycles. The SMILES string of the molecule is CC1C(=O)NCCN1C(=O)Nc1ccn(CCN(C)C)n1. The Morgan fingerprint density at radius 1 is 1.57 bits per heavy atom. The lowest BCUT2D eigenvalue weighted by atomic mass is 10.2. The van der Waals surface area contributed by atoms with Gasteiger partial charge >= 0.3 is 6.03 Å². The van der Waals surface area contributed by atoms with Gasteiger partial charge in [0.15, 0.2) is 5.82 Å². The number of hydrogen-bond donors (Lipinski definition) is 2. The zero-order valence-electron chi connectivity index (χ0n) is 12.7.